The zero-order chi connectivity index (χ0) is 22.1. The van der Waals surface area contributed by atoms with Gasteiger partial charge in [0.25, 0.3) is 5.91 Å². The molecule has 1 aliphatic rings. The van der Waals surface area contributed by atoms with Crippen LogP contribution in [0.15, 0.2) is 72.9 Å². The minimum atomic E-state index is -0.208. The number of hydrogen-bond donors (Lipinski definition) is 1. The molecule has 32 heavy (non-hydrogen) atoms. The Bertz CT molecular complexity index is 1330. The molecule has 0 radical (unpaired) electrons. The minimum absolute atomic E-state index is 0.0352. The normalized spacial score (nSPS) is 13.0. The molecule has 0 saturated heterocycles. The molecule has 0 bridgehead atoms. The summed E-state index contributed by atoms with van der Waals surface area (Å²) in [7, 11) is 0. The van der Waals surface area contributed by atoms with E-state index in [9.17, 15) is 9.59 Å². The Morgan fingerprint density at radius 3 is 2.62 bits per heavy atom. The molecule has 5 rings (SSSR count). The van der Waals surface area contributed by atoms with Gasteiger partial charge >= 0.3 is 0 Å². The van der Waals surface area contributed by atoms with E-state index in [1.54, 1.807) is 24.1 Å². The Balaban J connectivity index is 1.51. The van der Waals surface area contributed by atoms with Crippen LogP contribution in [0.25, 0.3) is 22.3 Å². The fraction of sp³-hybridized carbons (Fsp3) is 0.154. The van der Waals surface area contributed by atoms with Crippen molar-refractivity contribution in [3.8, 4) is 11.4 Å². The van der Waals surface area contributed by atoms with Gasteiger partial charge in [-0.2, -0.15) is 0 Å². The Kier molecular flexibility index (Phi) is 5.11. The van der Waals surface area contributed by atoms with E-state index in [0.717, 1.165) is 41.5 Å². The highest BCUT2D eigenvalue weighted by molar-refractivity contribution is 6.13. The molecule has 0 fully saturated rings. The zero-order valence-electron chi connectivity index (χ0n) is 17.7. The lowest BCUT2D eigenvalue weighted by atomic mass is 10.0. The van der Waals surface area contributed by atoms with Crippen LogP contribution in [-0.2, 0) is 11.2 Å². The van der Waals surface area contributed by atoms with Gasteiger partial charge < -0.3 is 10.2 Å². The van der Waals surface area contributed by atoms with Gasteiger partial charge in [0, 0.05) is 36.4 Å². The zero-order valence-corrected chi connectivity index (χ0v) is 17.7. The molecule has 3 heterocycles. The lowest BCUT2D eigenvalue weighted by Crippen LogP contribution is -2.33. The molecule has 2 amide bonds. The van der Waals surface area contributed by atoms with Crippen molar-refractivity contribution in [2.75, 3.05) is 16.8 Å². The number of anilines is 2. The van der Waals surface area contributed by atoms with Gasteiger partial charge in [-0.25, -0.2) is 4.98 Å². The largest absolute Gasteiger partial charge is 0.322 e. The van der Waals surface area contributed by atoms with Crippen LogP contribution >= 0.6 is 0 Å². The predicted molar refractivity (Wildman–Crippen MR) is 126 cm³/mol. The van der Waals surface area contributed by atoms with Crippen LogP contribution in [0.2, 0.25) is 0 Å². The molecule has 2 aromatic carbocycles. The summed E-state index contributed by atoms with van der Waals surface area (Å²) in [4.78, 5) is 36.1. The maximum absolute atomic E-state index is 13.3. The quantitative estimate of drug-likeness (QED) is 0.512. The predicted octanol–water partition coefficient (Wildman–Crippen LogP) is 4.85. The van der Waals surface area contributed by atoms with E-state index >= 15 is 0 Å². The van der Waals surface area contributed by atoms with Crippen LogP contribution in [0.3, 0.4) is 0 Å². The molecule has 158 valence electrons. The Morgan fingerprint density at radius 1 is 0.969 bits per heavy atom. The van der Waals surface area contributed by atoms with Crippen molar-refractivity contribution in [1.82, 2.24) is 9.97 Å². The molecule has 0 unspecified atom stereocenters. The van der Waals surface area contributed by atoms with E-state index < -0.39 is 0 Å². The van der Waals surface area contributed by atoms with Crippen LogP contribution in [0.1, 0.15) is 29.3 Å². The first-order chi connectivity index (χ1) is 15.6. The SMILES string of the molecule is CC(=O)N1CCCc2cc(NC(=O)c3cc(-c4ccccn4)nc4ccccc34)ccc21. The summed E-state index contributed by atoms with van der Waals surface area (Å²) in [5.74, 6) is -0.173. The number of rotatable bonds is 3. The monoisotopic (exact) mass is 422 g/mol. The van der Waals surface area contributed by atoms with Gasteiger partial charge in [-0.05, 0) is 60.9 Å². The molecule has 0 aliphatic carbocycles. The molecule has 6 heteroatoms. The Morgan fingerprint density at radius 2 is 1.81 bits per heavy atom. The van der Waals surface area contributed by atoms with Crippen molar-refractivity contribution in [2.45, 2.75) is 19.8 Å². The van der Waals surface area contributed by atoms with Gasteiger partial charge in [0.15, 0.2) is 0 Å². The number of aryl methyl sites for hydroxylation is 1. The fourth-order valence-electron chi connectivity index (χ4n) is 4.21. The van der Waals surface area contributed by atoms with Crippen molar-refractivity contribution in [1.29, 1.82) is 0 Å². The number of carbonyl (C=O) groups is 2. The first-order valence-corrected chi connectivity index (χ1v) is 10.6. The minimum Gasteiger partial charge on any atom is -0.322 e. The van der Waals surface area contributed by atoms with E-state index in [2.05, 4.69) is 10.3 Å². The second-order valence-corrected chi connectivity index (χ2v) is 7.86. The summed E-state index contributed by atoms with van der Waals surface area (Å²) < 4.78 is 0. The van der Waals surface area contributed by atoms with Crippen molar-refractivity contribution in [3.05, 3.63) is 84.1 Å². The van der Waals surface area contributed by atoms with Crippen molar-refractivity contribution in [2.24, 2.45) is 0 Å². The average molecular weight is 422 g/mol. The number of nitrogens with zero attached hydrogens (tertiary/aromatic N) is 3. The first kappa shape index (κ1) is 19.9. The highest BCUT2D eigenvalue weighted by Gasteiger charge is 2.21. The summed E-state index contributed by atoms with van der Waals surface area (Å²) in [5, 5.41) is 3.82. The number of pyridine rings is 2. The maximum Gasteiger partial charge on any atom is 0.256 e. The van der Waals surface area contributed by atoms with Crippen LogP contribution in [0.5, 0.6) is 0 Å². The lowest BCUT2D eigenvalue weighted by Gasteiger charge is -2.29. The molecule has 0 atom stereocenters. The van der Waals surface area contributed by atoms with E-state index in [0.29, 0.717) is 22.6 Å². The molecule has 6 nitrogen and oxygen atoms in total. The van der Waals surface area contributed by atoms with Crippen molar-refractivity contribution in [3.63, 3.8) is 0 Å². The number of carbonyl (C=O) groups excluding carboxylic acids is 2. The van der Waals surface area contributed by atoms with Gasteiger partial charge in [0.1, 0.15) is 0 Å². The summed E-state index contributed by atoms with van der Waals surface area (Å²) in [6, 6.07) is 20.7. The van der Waals surface area contributed by atoms with Gasteiger partial charge in [-0.1, -0.05) is 24.3 Å². The number of benzene rings is 2. The van der Waals surface area contributed by atoms with Crippen molar-refractivity contribution < 1.29 is 9.59 Å². The second kappa shape index (κ2) is 8.23. The summed E-state index contributed by atoms with van der Waals surface area (Å²) >= 11 is 0. The molecular weight excluding hydrogens is 400 g/mol. The average Bonchev–Trinajstić information content (AvgIpc) is 2.83. The highest BCUT2D eigenvalue weighted by atomic mass is 16.2. The highest BCUT2D eigenvalue weighted by Crippen LogP contribution is 2.30. The fourth-order valence-corrected chi connectivity index (χ4v) is 4.21. The lowest BCUT2D eigenvalue weighted by molar-refractivity contribution is -0.116. The molecule has 2 aromatic heterocycles. The van der Waals surface area contributed by atoms with Crippen LogP contribution in [0.4, 0.5) is 11.4 Å². The Hall–Kier alpha value is -4.06. The Labute approximate surface area is 185 Å². The van der Waals surface area contributed by atoms with Crippen LogP contribution < -0.4 is 10.2 Å². The van der Waals surface area contributed by atoms with E-state index in [4.69, 9.17) is 4.98 Å². The van der Waals surface area contributed by atoms with Crippen LogP contribution in [0, 0.1) is 0 Å². The molecule has 1 aliphatic heterocycles. The summed E-state index contributed by atoms with van der Waals surface area (Å²) in [6.45, 7) is 2.31. The van der Waals surface area contributed by atoms with Gasteiger partial charge in [0.2, 0.25) is 5.91 Å². The number of aromatic nitrogens is 2. The third-order valence-corrected chi connectivity index (χ3v) is 5.72. The first-order valence-electron chi connectivity index (χ1n) is 10.6. The maximum atomic E-state index is 13.3. The summed E-state index contributed by atoms with van der Waals surface area (Å²) in [6.07, 6.45) is 3.50. The molecule has 0 spiro atoms. The number of nitrogens with one attached hydrogen (secondary N) is 1. The number of para-hydroxylation sites is 1. The second-order valence-electron chi connectivity index (χ2n) is 7.86. The topological polar surface area (TPSA) is 75.2 Å². The van der Waals surface area contributed by atoms with Gasteiger partial charge in [-0.3, -0.25) is 14.6 Å². The van der Waals surface area contributed by atoms with Gasteiger partial charge in [-0.15, -0.1) is 0 Å². The van der Waals surface area contributed by atoms with E-state index in [1.165, 1.54) is 0 Å². The molecule has 0 saturated carbocycles. The van der Waals surface area contributed by atoms with Crippen LogP contribution in [-0.4, -0.2) is 28.3 Å². The number of amides is 2. The number of fused-ring (bicyclic) bond motifs is 2. The molecule has 1 N–H and O–H groups in total. The third-order valence-electron chi connectivity index (χ3n) is 5.72. The van der Waals surface area contributed by atoms with E-state index in [-0.39, 0.29) is 11.8 Å². The molecule has 4 aromatic rings. The van der Waals surface area contributed by atoms with E-state index in [1.807, 2.05) is 60.7 Å². The third kappa shape index (κ3) is 3.71. The standard InChI is InChI=1S/C26H22N4O2/c1-17(31)30-14-6-7-18-15-19(11-12-25(18)30)28-26(32)21-16-24(23-10-4-5-13-27-23)29-22-9-3-2-8-20(21)22/h2-5,8-13,15-16H,6-7,14H2,1H3,(H,28,32). The number of hydrogen-bond acceptors (Lipinski definition) is 4. The van der Waals surface area contributed by atoms with Gasteiger partial charge in [0.05, 0.1) is 22.5 Å². The van der Waals surface area contributed by atoms with Crippen molar-refractivity contribution >= 4 is 34.1 Å². The smallest absolute Gasteiger partial charge is 0.256 e. The molecular formula is C26H22N4O2. The summed E-state index contributed by atoms with van der Waals surface area (Å²) in [5.41, 5.74) is 5.34.